The van der Waals surface area contributed by atoms with Crippen LogP contribution in [-0.2, 0) is 6.42 Å². The molecular weight excluding hydrogens is 164 g/mol. The summed E-state index contributed by atoms with van der Waals surface area (Å²) in [4.78, 5) is 4.22. The fraction of sp³-hybridized carbons (Fsp3) is 0.100. The second-order valence-electron chi connectivity index (χ2n) is 2.93. The Balaban J connectivity index is 2.54. The first-order chi connectivity index (χ1) is 6.27. The molecule has 0 atom stereocenters. The van der Waals surface area contributed by atoms with Crippen LogP contribution in [0.4, 0.5) is 0 Å². The molecular formula is C10H10N2O. The quantitative estimate of drug-likeness (QED) is 0.755. The molecule has 0 aliphatic carbocycles. The maximum absolute atomic E-state index is 5.52. The van der Waals surface area contributed by atoms with Crippen LogP contribution in [0.15, 0.2) is 41.3 Å². The van der Waals surface area contributed by atoms with E-state index in [4.69, 9.17) is 10.2 Å². The largest absolute Gasteiger partial charge is 0.464 e. The van der Waals surface area contributed by atoms with Crippen molar-refractivity contribution in [2.24, 2.45) is 5.73 Å². The number of fused-ring (bicyclic) bond motifs is 1. The van der Waals surface area contributed by atoms with Crippen LogP contribution >= 0.6 is 0 Å². The molecule has 0 amide bonds. The van der Waals surface area contributed by atoms with E-state index in [1.807, 2.05) is 12.1 Å². The van der Waals surface area contributed by atoms with Crippen LogP contribution in [0.3, 0.4) is 0 Å². The van der Waals surface area contributed by atoms with E-state index in [1.165, 1.54) is 0 Å². The predicted molar refractivity (Wildman–Crippen MR) is 51.0 cm³/mol. The van der Waals surface area contributed by atoms with Gasteiger partial charge in [-0.1, -0.05) is 6.58 Å². The van der Waals surface area contributed by atoms with Crippen LogP contribution in [0.1, 0.15) is 5.69 Å². The normalized spacial score (nSPS) is 10.5. The van der Waals surface area contributed by atoms with Crippen LogP contribution in [0.5, 0.6) is 0 Å². The lowest BCUT2D eigenvalue weighted by Crippen LogP contribution is -2.00. The molecule has 0 aliphatic rings. The summed E-state index contributed by atoms with van der Waals surface area (Å²) in [5.74, 6) is 0. The maximum atomic E-state index is 5.52. The molecule has 0 unspecified atom stereocenters. The van der Waals surface area contributed by atoms with Crippen molar-refractivity contribution in [2.75, 3.05) is 0 Å². The van der Waals surface area contributed by atoms with Gasteiger partial charge in [0, 0.05) is 23.7 Å². The van der Waals surface area contributed by atoms with Gasteiger partial charge in [-0.2, -0.15) is 0 Å². The van der Waals surface area contributed by atoms with Crippen LogP contribution in [0.25, 0.3) is 11.0 Å². The number of furan rings is 1. The van der Waals surface area contributed by atoms with Crippen molar-refractivity contribution >= 4 is 11.0 Å². The number of hydrogen-bond donors (Lipinski definition) is 1. The van der Waals surface area contributed by atoms with Crippen molar-refractivity contribution in [1.82, 2.24) is 4.98 Å². The van der Waals surface area contributed by atoms with Crippen molar-refractivity contribution < 1.29 is 4.42 Å². The number of aromatic nitrogens is 1. The van der Waals surface area contributed by atoms with Gasteiger partial charge in [0.05, 0.1) is 12.0 Å². The zero-order valence-electron chi connectivity index (χ0n) is 7.16. The Kier molecular flexibility index (Phi) is 1.77. The molecule has 3 heteroatoms. The lowest BCUT2D eigenvalue weighted by atomic mass is 10.1. The van der Waals surface area contributed by atoms with Crippen LogP contribution in [0.2, 0.25) is 0 Å². The number of allylic oxidation sites excluding steroid dienone is 1. The van der Waals surface area contributed by atoms with Gasteiger partial charge in [-0.05, 0) is 12.1 Å². The zero-order chi connectivity index (χ0) is 9.26. The Morgan fingerprint density at radius 3 is 3.15 bits per heavy atom. The molecule has 66 valence electrons. The number of nitrogens with two attached hydrogens (primary N) is 1. The fourth-order valence-corrected chi connectivity index (χ4v) is 1.31. The Bertz CT molecular complexity index is 445. The van der Waals surface area contributed by atoms with E-state index in [-0.39, 0.29) is 0 Å². The molecule has 0 fully saturated rings. The molecule has 0 bridgehead atoms. The predicted octanol–water partition coefficient (Wildman–Crippen LogP) is 1.84. The Hall–Kier alpha value is -1.77. The molecule has 13 heavy (non-hydrogen) atoms. The van der Waals surface area contributed by atoms with E-state index in [2.05, 4.69) is 11.6 Å². The SMILES string of the molecule is C=C(N)Cc1nccc2occc12. The molecule has 2 N–H and O–H groups in total. The first-order valence-corrected chi connectivity index (χ1v) is 4.01. The summed E-state index contributed by atoms with van der Waals surface area (Å²) in [5, 5.41) is 1.01. The molecule has 0 spiro atoms. The molecule has 2 rings (SSSR count). The summed E-state index contributed by atoms with van der Waals surface area (Å²) in [7, 11) is 0. The smallest absolute Gasteiger partial charge is 0.137 e. The molecule has 3 nitrogen and oxygen atoms in total. The summed E-state index contributed by atoms with van der Waals surface area (Å²) in [6.45, 7) is 3.65. The van der Waals surface area contributed by atoms with Crippen molar-refractivity contribution in [1.29, 1.82) is 0 Å². The maximum Gasteiger partial charge on any atom is 0.137 e. The molecule has 2 aromatic heterocycles. The Morgan fingerprint density at radius 2 is 2.38 bits per heavy atom. The van der Waals surface area contributed by atoms with E-state index in [0.29, 0.717) is 12.1 Å². The molecule has 2 aromatic rings. The molecule has 0 saturated carbocycles. The van der Waals surface area contributed by atoms with E-state index in [9.17, 15) is 0 Å². The third-order valence-electron chi connectivity index (χ3n) is 1.86. The van der Waals surface area contributed by atoms with E-state index < -0.39 is 0 Å². The third-order valence-corrected chi connectivity index (χ3v) is 1.86. The highest BCUT2D eigenvalue weighted by atomic mass is 16.3. The van der Waals surface area contributed by atoms with Gasteiger partial charge in [0.2, 0.25) is 0 Å². The number of pyridine rings is 1. The van der Waals surface area contributed by atoms with Crippen molar-refractivity contribution in [2.45, 2.75) is 6.42 Å². The van der Waals surface area contributed by atoms with Crippen molar-refractivity contribution in [3.05, 3.63) is 42.6 Å². The van der Waals surface area contributed by atoms with E-state index in [0.717, 1.165) is 16.7 Å². The topological polar surface area (TPSA) is 52.0 Å². The Morgan fingerprint density at radius 1 is 1.54 bits per heavy atom. The van der Waals surface area contributed by atoms with Gasteiger partial charge in [-0.25, -0.2) is 0 Å². The van der Waals surface area contributed by atoms with Crippen molar-refractivity contribution in [3.63, 3.8) is 0 Å². The molecule has 0 radical (unpaired) electrons. The van der Waals surface area contributed by atoms with Crippen LogP contribution < -0.4 is 5.73 Å². The van der Waals surface area contributed by atoms with Gasteiger partial charge in [-0.3, -0.25) is 4.98 Å². The lowest BCUT2D eigenvalue weighted by molar-refractivity contribution is 0.615. The minimum absolute atomic E-state index is 0.594. The van der Waals surface area contributed by atoms with Gasteiger partial charge in [-0.15, -0.1) is 0 Å². The fourth-order valence-electron chi connectivity index (χ4n) is 1.31. The van der Waals surface area contributed by atoms with E-state index in [1.54, 1.807) is 12.5 Å². The average molecular weight is 174 g/mol. The van der Waals surface area contributed by atoms with Gasteiger partial charge < -0.3 is 10.2 Å². The first-order valence-electron chi connectivity index (χ1n) is 4.01. The Labute approximate surface area is 75.9 Å². The number of nitrogens with zero attached hydrogens (tertiary/aromatic N) is 1. The summed E-state index contributed by atoms with van der Waals surface area (Å²) >= 11 is 0. The second kappa shape index (κ2) is 2.94. The molecule has 0 aromatic carbocycles. The second-order valence-corrected chi connectivity index (χ2v) is 2.93. The minimum atomic E-state index is 0.594. The summed E-state index contributed by atoms with van der Waals surface area (Å²) < 4.78 is 5.23. The minimum Gasteiger partial charge on any atom is -0.464 e. The van der Waals surface area contributed by atoms with Gasteiger partial charge in [0.25, 0.3) is 0 Å². The van der Waals surface area contributed by atoms with Crippen LogP contribution in [0, 0.1) is 0 Å². The summed E-state index contributed by atoms with van der Waals surface area (Å²) in [5.41, 5.74) is 7.89. The molecule has 2 heterocycles. The van der Waals surface area contributed by atoms with Gasteiger partial charge in [0.1, 0.15) is 5.58 Å². The number of rotatable bonds is 2. The van der Waals surface area contributed by atoms with Gasteiger partial charge >= 0.3 is 0 Å². The molecule has 0 aliphatic heterocycles. The highest BCUT2D eigenvalue weighted by Gasteiger charge is 2.04. The monoisotopic (exact) mass is 174 g/mol. The highest BCUT2D eigenvalue weighted by Crippen LogP contribution is 2.18. The third kappa shape index (κ3) is 1.40. The summed E-state index contributed by atoms with van der Waals surface area (Å²) in [6, 6.07) is 3.72. The standard InChI is InChI=1S/C10H10N2O/c1-7(11)6-9-8-3-5-13-10(8)2-4-12-9/h2-5H,1,6,11H2. The zero-order valence-corrected chi connectivity index (χ0v) is 7.16. The summed E-state index contributed by atoms with van der Waals surface area (Å²) in [6.07, 6.45) is 3.95. The molecule has 0 saturated heterocycles. The lowest BCUT2D eigenvalue weighted by Gasteiger charge is -1.99. The van der Waals surface area contributed by atoms with Crippen LogP contribution in [-0.4, -0.2) is 4.98 Å². The van der Waals surface area contributed by atoms with Crippen molar-refractivity contribution in [3.8, 4) is 0 Å². The average Bonchev–Trinajstić information content (AvgIpc) is 2.51. The van der Waals surface area contributed by atoms with Gasteiger partial charge in [0.15, 0.2) is 0 Å². The highest BCUT2D eigenvalue weighted by molar-refractivity contribution is 5.79. The number of hydrogen-bond acceptors (Lipinski definition) is 3. The first kappa shape index (κ1) is 7.86. The van der Waals surface area contributed by atoms with E-state index >= 15 is 0 Å².